The Morgan fingerprint density at radius 2 is 2.14 bits per heavy atom. The highest BCUT2D eigenvalue weighted by Gasteiger charge is 2.27. The van der Waals surface area contributed by atoms with E-state index in [2.05, 4.69) is 36.0 Å². The summed E-state index contributed by atoms with van der Waals surface area (Å²) in [6.07, 6.45) is 1.85. The summed E-state index contributed by atoms with van der Waals surface area (Å²) in [4.78, 5) is 11.6. The van der Waals surface area contributed by atoms with Crippen LogP contribution in [0.1, 0.15) is 52.3 Å². The van der Waals surface area contributed by atoms with Crippen LogP contribution in [0.3, 0.4) is 0 Å². The van der Waals surface area contributed by atoms with Crippen LogP contribution < -0.4 is 10.2 Å². The molecule has 1 aliphatic rings. The fourth-order valence-corrected chi connectivity index (χ4v) is 2.61. The second-order valence-electron chi connectivity index (χ2n) is 6.29. The first-order valence-corrected chi connectivity index (χ1v) is 8.07. The zero-order valence-electron chi connectivity index (χ0n) is 13.6. The lowest BCUT2D eigenvalue weighted by molar-refractivity contribution is 0.136. The second-order valence-corrected chi connectivity index (χ2v) is 6.29. The van der Waals surface area contributed by atoms with Crippen molar-refractivity contribution in [2.75, 3.05) is 29.9 Å². The molecule has 118 valence electrons. The van der Waals surface area contributed by atoms with Gasteiger partial charge in [-0.2, -0.15) is 0 Å². The van der Waals surface area contributed by atoms with Crippen molar-refractivity contribution < 1.29 is 5.11 Å². The SMILES string of the molecule is CCCNc1cc(N2CCC(C(C)O)C2)nc(C(C)C)n1. The van der Waals surface area contributed by atoms with E-state index in [1.165, 1.54) is 0 Å². The lowest BCUT2D eigenvalue weighted by Crippen LogP contribution is -2.25. The number of aliphatic hydroxyl groups is 1. The first kappa shape index (κ1) is 16.0. The van der Waals surface area contributed by atoms with Gasteiger partial charge in [-0.25, -0.2) is 9.97 Å². The van der Waals surface area contributed by atoms with Crippen LogP contribution in [-0.2, 0) is 0 Å². The van der Waals surface area contributed by atoms with Gasteiger partial charge in [0.2, 0.25) is 0 Å². The molecule has 1 aliphatic heterocycles. The van der Waals surface area contributed by atoms with Gasteiger partial charge in [-0.1, -0.05) is 20.8 Å². The highest BCUT2D eigenvalue weighted by molar-refractivity contribution is 5.50. The van der Waals surface area contributed by atoms with Crippen LogP contribution in [0.5, 0.6) is 0 Å². The minimum absolute atomic E-state index is 0.251. The maximum absolute atomic E-state index is 9.76. The highest BCUT2D eigenvalue weighted by Crippen LogP contribution is 2.27. The fourth-order valence-electron chi connectivity index (χ4n) is 2.61. The van der Waals surface area contributed by atoms with Crippen LogP contribution in [0.2, 0.25) is 0 Å². The maximum Gasteiger partial charge on any atom is 0.135 e. The Hall–Kier alpha value is -1.36. The van der Waals surface area contributed by atoms with E-state index in [4.69, 9.17) is 4.98 Å². The number of rotatable bonds is 6. The standard InChI is InChI=1S/C16H28N4O/c1-5-7-17-14-9-15(19-16(18-14)11(2)3)20-8-6-13(10-20)12(4)21/h9,11-13,21H,5-8,10H2,1-4H3,(H,17,18,19). The molecule has 1 aromatic rings. The monoisotopic (exact) mass is 292 g/mol. The van der Waals surface area contributed by atoms with Gasteiger partial charge in [0.05, 0.1) is 6.10 Å². The molecule has 0 aliphatic carbocycles. The fraction of sp³-hybridized carbons (Fsp3) is 0.750. The van der Waals surface area contributed by atoms with Crippen molar-refractivity contribution >= 4 is 11.6 Å². The summed E-state index contributed by atoms with van der Waals surface area (Å²) in [6, 6.07) is 2.03. The Bertz CT molecular complexity index is 462. The summed E-state index contributed by atoms with van der Waals surface area (Å²) >= 11 is 0. The van der Waals surface area contributed by atoms with Crippen molar-refractivity contribution in [3.05, 3.63) is 11.9 Å². The molecule has 5 heteroatoms. The first-order chi connectivity index (χ1) is 10.0. The number of aromatic nitrogens is 2. The topological polar surface area (TPSA) is 61.3 Å². The average molecular weight is 292 g/mol. The quantitative estimate of drug-likeness (QED) is 0.844. The van der Waals surface area contributed by atoms with Crippen LogP contribution >= 0.6 is 0 Å². The smallest absolute Gasteiger partial charge is 0.135 e. The zero-order chi connectivity index (χ0) is 15.4. The van der Waals surface area contributed by atoms with Crippen LogP contribution in [0.4, 0.5) is 11.6 Å². The maximum atomic E-state index is 9.76. The molecule has 0 amide bonds. The molecule has 1 aromatic heterocycles. The van der Waals surface area contributed by atoms with Crippen molar-refractivity contribution in [3.8, 4) is 0 Å². The van der Waals surface area contributed by atoms with Gasteiger partial charge >= 0.3 is 0 Å². The Morgan fingerprint density at radius 1 is 1.38 bits per heavy atom. The molecule has 0 bridgehead atoms. The van der Waals surface area contributed by atoms with Crippen molar-refractivity contribution in [1.82, 2.24) is 9.97 Å². The molecule has 0 spiro atoms. The van der Waals surface area contributed by atoms with E-state index < -0.39 is 0 Å². The van der Waals surface area contributed by atoms with Gasteiger partial charge in [0, 0.05) is 37.5 Å². The molecule has 0 saturated carbocycles. The first-order valence-electron chi connectivity index (χ1n) is 8.07. The highest BCUT2D eigenvalue weighted by atomic mass is 16.3. The van der Waals surface area contributed by atoms with E-state index >= 15 is 0 Å². The normalized spacial score (nSPS) is 20.1. The number of hydrogen-bond acceptors (Lipinski definition) is 5. The van der Waals surface area contributed by atoms with Gasteiger partial charge < -0.3 is 15.3 Å². The summed E-state index contributed by atoms with van der Waals surface area (Å²) in [7, 11) is 0. The van der Waals surface area contributed by atoms with Crippen LogP contribution in [-0.4, -0.2) is 40.8 Å². The Morgan fingerprint density at radius 3 is 2.71 bits per heavy atom. The van der Waals surface area contributed by atoms with Gasteiger partial charge in [0.25, 0.3) is 0 Å². The molecule has 2 heterocycles. The molecular formula is C16H28N4O. The van der Waals surface area contributed by atoms with E-state index in [1.807, 2.05) is 13.0 Å². The molecule has 1 fully saturated rings. The van der Waals surface area contributed by atoms with Crippen molar-refractivity contribution in [2.24, 2.45) is 5.92 Å². The minimum Gasteiger partial charge on any atom is -0.393 e. The molecule has 2 N–H and O–H groups in total. The van der Waals surface area contributed by atoms with Crippen LogP contribution in [0, 0.1) is 5.92 Å². The number of hydrogen-bond donors (Lipinski definition) is 2. The Kier molecular flexibility index (Phi) is 5.39. The largest absolute Gasteiger partial charge is 0.393 e. The lowest BCUT2D eigenvalue weighted by atomic mass is 10.0. The van der Waals surface area contributed by atoms with Gasteiger partial charge in [-0.15, -0.1) is 0 Å². The van der Waals surface area contributed by atoms with Gasteiger partial charge in [0.15, 0.2) is 0 Å². The molecule has 2 rings (SSSR count). The van der Waals surface area contributed by atoms with Crippen molar-refractivity contribution in [2.45, 2.75) is 52.6 Å². The predicted octanol–water partition coefficient (Wildman–Crippen LogP) is 2.63. The third-order valence-corrected chi connectivity index (χ3v) is 4.03. The molecule has 21 heavy (non-hydrogen) atoms. The lowest BCUT2D eigenvalue weighted by Gasteiger charge is -2.21. The molecule has 0 aromatic carbocycles. The molecule has 2 unspecified atom stereocenters. The minimum atomic E-state index is -0.251. The second kappa shape index (κ2) is 7.07. The van der Waals surface area contributed by atoms with E-state index in [0.29, 0.717) is 11.8 Å². The van der Waals surface area contributed by atoms with Crippen LogP contribution in [0.25, 0.3) is 0 Å². The summed E-state index contributed by atoms with van der Waals surface area (Å²) < 4.78 is 0. The average Bonchev–Trinajstić information content (AvgIpc) is 2.94. The van der Waals surface area contributed by atoms with Gasteiger partial charge in [-0.3, -0.25) is 0 Å². The summed E-state index contributed by atoms with van der Waals surface area (Å²) in [5.74, 6) is 3.42. The number of anilines is 2. The Balaban J connectivity index is 2.19. The third-order valence-electron chi connectivity index (χ3n) is 4.03. The number of nitrogens with one attached hydrogen (secondary N) is 1. The number of aliphatic hydroxyl groups excluding tert-OH is 1. The molecule has 2 atom stereocenters. The van der Waals surface area contributed by atoms with E-state index in [9.17, 15) is 5.11 Å². The number of nitrogens with zero attached hydrogens (tertiary/aromatic N) is 3. The van der Waals surface area contributed by atoms with E-state index in [-0.39, 0.29) is 6.10 Å². The molecular weight excluding hydrogens is 264 g/mol. The van der Waals surface area contributed by atoms with Crippen LogP contribution in [0.15, 0.2) is 6.07 Å². The van der Waals surface area contributed by atoms with Crippen molar-refractivity contribution in [3.63, 3.8) is 0 Å². The molecule has 0 radical (unpaired) electrons. The summed E-state index contributed by atoms with van der Waals surface area (Å²) in [5.41, 5.74) is 0. The molecule has 5 nitrogen and oxygen atoms in total. The van der Waals surface area contributed by atoms with Crippen molar-refractivity contribution in [1.29, 1.82) is 0 Å². The van der Waals surface area contributed by atoms with E-state index in [0.717, 1.165) is 49.9 Å². The van der Waals surface area contributed by atoms with Gasteiger partial charge in [-0.05, 0) is 19.8 Å². The summed E-state index contributed by atoms with van der Waals surface area (Å²) in [5, 5.41) is 13.1. The predicted molar refractivity (Wildman–Crippen MR) is 86.9 cm³/mol. The Labute approximate surface area is 127 Å². The van der Waals surface area contributed by atoms with E-state index in [1.54, 1.807) is 0 Å². The summed E-state index contributed by atoms with van der Waals surface area (Å²) in [6.45, 7) is 11.0. The van der Waals surface area contributed by atoms with Gasteiger partial charge in [0.1, 0.15) is 17.5 Å². The third kappa shape index (κ3) is 4.06. The molecule has 1 saturated heterocycles. The zero-order valence-corrected chi connectivity index (χ0v) is 13.6.